The normalized spacial score (nSPS) is 13.0. The summed E-state index contributed by atoms with van der Waals surface area (Å²) in [5, 5.41) is 6.98. The van der Waals surface area contributed by atoms with Gasteiger partial charge in [0.05, 0.1) is 32.2 Å². The Kier molecular flexibility index (Phi) is 23.8. The Balaban J connectivity index is 1.18. The predicted octanol–water partition coefficient (Wildman–Crippen LogP) is 23.6. The summed E-state index contributed by atoms with van der Waals surface area (Å²) in [7, 11) is 0. The fraction of sp³-hybridized carbons (Fsp3) is 0.625. The van der Waals surface area contributed by atoms with Gasteiger partial charge in [0.15, 0.2) is 0 Å². The summed E-state index contributed by atoms with van der Waals surface area (Å²) in [5.74, 6) is 1.46. The van der Waals surface area contributed by atoms with Crippen LogP contribution in [0.3, 0.4) is 0 Å². The second kappa shape index (κ2) is 30.8. The molecule has 0 N–H and O–H groups in total. The average molecular weight is 1080 g/mol. The van der Waals surface area contributed by atoms with E-state index in [2.05, 4.69) is 97.5 Å². The van der Waals surface area contributed by atoms with Crippen LogP contribution < -0.4 is 0 Å². The maximum Gasteiger partial charge on any atom is 0.116 e. The van der Waals surface area contributed by atoms with Gasteiger partial charge in [-0.05, 0) is 59.7 Å². The summed E-state index contributed by atoms with van der Waals surface area (Å²) >= 11 is 9.04. The minimum Gasteiger partial charge on any atom is -0.243 e. The van der Waals surface area contributed by atoms with E-state index in [-0.39, 0.29) is 0 Å². The summed E-state index contributed by atoms with van der Waals surface area (Å²) < 4.78 is 12.9. The van der Waals surface area contributed by atoms with Gasteiger partial charge in [0.2, 0.25) is 0 Å². The molecular weight excluding hydrogens is 985 g/mol. The molecule has 4 nitrogen and oxygen atoms in total. The number of nitrogens with zero attached hydrogens (tertiary/aromatic N) is 4. The predicted molar refractivity (Wildman–Crippen MR) is 330 cm³/mol. The minimum atomic E-state index is 0.732. The van der Waals surface area contributed by atoms with Crippen molar-refractivity contribution in [3.63, 3.8) is 0 Å². The molecule has 0 bridgehead atoms. The van der Waals surface area contributed by atoms with Gasteiger partial charge in [-0.1, -0.05) is 245 Å². The number of unbranched alkanes of at least 4 members (excludes halogenated alkanes) is 24. The van der Waals surface area contributed by atoms with Gasteiger partial charge in [0.25, 0.3) is 0 Å². The smallest absolute Gasteiger partial charge is 0.116 e. The Morgan fingerprint density at radius 3 is 1.03 bits per heavy atom. The van der Waals surface area contributed by atoms with Crippen molar-refractivity contribution >= 4 is 110 Å². The molecule has 0 saturated carbocycles. The number of benzene rings is 2. The van der Waals surface area contributed by atoms with Gasteiger partial charge in [-0.2, -0.15) is 8.75 Å². The van der Waals surface area contributed by atoms with Crippen molar-refractivity contribution < 1.29 is 0 Å². The van der Waals surface area contributed by atoms with Crippen LogP contribution in [0, 0.1) is 11.8 Å². The van der Waals surface area contributed by atoms with Crippen LogP contribution in [0.25, 0.3) is 74.2 Å². The molecule has 2 unspecified atom stereocenters. The SMILES string of the molecule is CCCCCCCCCCC(CCCCCCCC)Cc1cc2c3nc4c(-c5cccs5)c5nsnc5c(-c5cccs5)c4nc3c3cc(CC(CCCCCCCC)CCCCCCCCCC)sc3c2s1. The topological polar surface area (TPSA) is 51.6 Å². The second-order valence-electron chi connectivity index (χ2n) is 22.0. The van der Waals surface area contributed by atoms with E-state index in [1.54, 1.807) is 32.4 Å². The van der Waals surface area contributed by atoms with Gasteiger partial charge in [0.1, 0.15) is 22.1 Å². The highest BCUT2D eigenvalue weighted by Crippen LogP contribution is 2.48. The molecule has 6 aromatic heterocycles. The van der Waals surface area contributed by atoms with Crippen LogP contribution in [0.15, 0.2) is 47.2 Å². The molecule has 73 heavy (non-hydrogen) atoms. The van der Waals surface area contributed by atoms with Crippen molar-refractivity contribution in [1.82, 2.24) is 18.7 Å². The van der Waals surface area contributed by atoms with E-state index in [9.17, 15) is 0 Å². The third-order valence-electron chi connectivity index (χ3n) is 16.0. The van der Waals surface area contributed by atoms with Crippen LogP contribution in [0.5, 0.6) is 0 Å². The first-order valence-corrected chi connectivity index (χ1v) is 34.1. The van der Waals surface area contributed by atoms with Crippen LogP contribution in [0.1, 0.15) is 243 Å². The summed E-state index contributed by atoms with van der Waals surface area (Å²) in [6, 6.07) is 13.9. The molecule has 396 valence electrons. The molecule has 0 saturated heterocycles. The maximum absolute atomic E-state index is 5.91. The van der Waals surface area contributed by atoms with E-state index in [4.69, 9.17) is 18.7 Å². The van der Waals surface area contributed by atoms with Crippen molar-refractivity contribution in [2.24, 2.45) is 11.8 Å². The molecule has 2 aromatic carbocycles. The van der Waals surface area contributed by atoms with Crippen molar-refractivity contribution in [2.75, 3.05) is 0 Å². The van der Waals surface area contributed by atoms with E-state index < -0.39 is 0 Å². The van der Waals surface area contributed by atoms with Gasteiger partial charge in [-0.25, -0.2) is 9.97 Å². The lowest BCUT2D eigenvalue weighted by atomic mass is 9.90. The Bertz CT molecular complexity index is 2610. The van der Waals surface area contributed by atoms with Crippen LogP contribution in [0.4, 0.5) is 0 Å². The lowest BCUT2D eigenvalue weighted by Gasteiger charge is -2.16. The van der Waals surface area contributed by atoms with Gasteiger partial charge in [0, 0.05) is 41.4 Å². The summed E-state index contributed by atoms with van der Waals surface area (Å²) in [6.07, 6.45) is 46.5. The minimum absolute atomic E-state index is 0.732. The maximum atomic E-state index is 5.91. The molecule has 2 atom stereocenters. The quantitative estimate of drug-likeness (QED) is 0.0286. The summed E-state index contributed by atoms with van der Waals surface area (Å²) in [4.78, 5) is 17.3. The van der Waals surface area contributed by atoms with Crippen molar-refractivity contribution in [1.29, 1.82) is 0 Å². The molecule has 0 radical (unpaired) electrons. The zero-order chi connectivity index (χ0) is 50.5. The van der Waals surface area contributed by atoms with E-state index >= 15 is 0 Å². The molecule has 8 aromatic rings. The lowest BCUT2D eigenvalue weighted by Crippen LogP contribution is -2.04. The van der Waals surface area contributed by atoms with Gasteiger partial charge < -0.3 is 0 Å². The van der Waals surface area contributed by atoms with E-state index in [0.29, 0.717) is 0 Å². The average Bonchev–Trinajstić information content (AvgIpc) is 4.28. The largest absolute Gasteiger partial charge is 0.243 e. The number of hydrogen-bond acceptors (Lipinski definition) is 9. The van der Waals surface area contributed by atoms with Gasteiger partial charge in [-0.15, -0.1) is 45.3 Å². The van der Waals surface area contributed by atoms with Crippen molar-refractivity contribution in [3.8, 4) is 20.9 Å². The van der Waals surface area contributed by atoms with E-state index in [1.807, 2.05) is 0 Å². The first-order valence-electron chi connectivity index (χ1n) is 30.0. The zero-order valence-corrected chi connectivity index (χ0v) is 49.7. The molecule has 0 fully saturated rings. The number of fused-ring (bicyclic) bond motifs is 8. The fourth-order valence-electron chi connectivity index (χ4n) is 11.8. The highest BCUT2D eigenvalue weighted by molar-refractivity contribution is 7.27. The third-order valence-corrected chi connectivity index (χ3v) is 20.8. The number of aromatic nitrogens is 4. The van der Waals surface area contributed by atoms with Gasteiger partial charge in [-0.3, -0.25) is 0 Å². The second-order valence-corrected chi connectivity index (χ2v) is 26.7. The first kappa shape index (κ1) is 56.4. The molecule has 0 amide bonds. The summed E-state index contributed by atoms with van der Waals surface area (Å²) in [6.45, 7) is 9.32. The standard InChI is InChI=1S/C64H90N4S5/c1-5-9-13-17-21-23-27-31-37-47(35-29-25-19-15-11-7-3)43-49-45-51-57-58(66-60-56(54-40-34-42-70-54)62-61(67-73-68-62)55(59(60)65-57)53-39-33-41-69-53)52-46-50(72-64(52)63(51)71-49)44-48(36-30-26-20-16-12-8-4)38-32-28-24-22-18-14-10-6-2/h33-34,39-42,45-48H,5-32,35-38,43-44H2,1-4H3. The molecule has 8 rings (SSSR count). The fourth-order valence-corrected chi connectivity index (χ4v) is 16.6. The van der Waals surface area contributed by atoms with Gasteiger partial charge >= 0.3 is 0 Å². The third kappa shape index (κ3) is 15.7. The highest BCUT2D eigenvalue weighted by atomic mass is 32.1. The number of rotatable bonds is 38. The van der Waals surface area contributed by atoms with Crippen LogP contribution in [-0.2, 0) is 12.8 Å². The first-order chi connectivity index (χ1) is 36.1. The van der Waals surface area contributed by atoms with Crippen LogP contribution >= 0.6 is 57.1 Å². The van der Waals surface area contributed by atoms with Crippen LogP contribution in [0.2, 0.25) is 0 Å². The Morgan fingerprint density at radius 2 is 0.712 bits per heavy atom. The number of thiophene rings is 4. The van der Waals surface area contributed by atoms with Crippen molar-refractivity contribution in [2.45, 2.75) is 246 Å². The Labute approximate surface area is 461 Å². The lowest BCUT2D eigenvalue weighted by molar-refractivity contribution is 0.402. The summed E-state index contributed by atoms with van der Waals surface area (Å²) in [5.41, 5.74) is 8.12. The monoisotopic (exact) mass is 1070 g/mol. The number of hydrogen-bond donors (Lipinski definition) is 0. The Morgan fingerprint density at radius 1 is 0.384 bits per heavy atom. The van der Waals surface area contributed by atoms with E-state index in [0.717, 1.165) is 56.1 Å². The molecule has 0 aliphatic rings. The molecule has 0 spiro atoms. The highest BCUT2D eigenvalue weighted by Gasteiger charge is 2.27. The molecule has 9 heteroatoms. The molecule has 0 aliphatic heterocycles. The zero-order valence-electron chi connectivity index (χ0n) is 45.6. The van der Waals surface area contributed by atoms with E-state index in [1.165, 1.54) is 260 Å². The molecule has 6 heterocycles. The van der Waals surface area contributed by atoms with Crippen molar-refractivity contribution in [3.05, 3.63) is 56.9 Å². The molecular formula is C64H90N4S5. The molecule has 0 aliphatic carbocycles. The Hall–Kier alpha value is -2.82. The van der Waals surface area contributed by atoms with Crippen LogP contribution in [-0.4, -0.2) is 18.7 Å².